The molecule has 1 aromatic carbocycles. The zero-order valence-corrected chi connectivity index (χ0v) is 21.8. The van der Waals surface area contributed by atoms with E-state index in [1.165, 1.54) is 34.9 Å². The molecule has 1 atom stereocenters. The lowest BCUT2D eigenvalue weighted by Gasteiger charge is -2.31. The molecule has 12 heteroatoms. The van der Waals surface area contributed by atoms with E-state index >= 15 is 0 Å². The van der Waals surface area contributed by atoms with Gasteiger partial charge in [0.05, 0.1) is 36.6 Å². The first kappa shape index (κ1) is 26.1. The van der Waals surface area contributed by atoms with Crippen molar-refractivity contribution >= 4 is 44.3 Å². The molecule has 2 amide bonds. The zero-order chi connectivity index (χ0) is 25.9. The van der Waals surface area contributed by atoms with E-state index in [-0.39, 0.29) is 30.5 Å². The second kappa shape index (κ2) is 11.0. The third-order valence-corrected chi connectivity index (χ3v) is 9.36. The molecule has 1 fully saturated rings. The molecule has 194 valence electrons. The van der Waals surface area contributed by atoms with Gasteiger partial charge in [0.25, 0.3) is 0 Å². The number of methoxy groups -OCH3 is 1. The number of sulfonamides is 1. The summed E-state index contributed by atoms with van der Waals surface area (Å²) in [5, 5.41) is 3.21. The number of anilines is 1. The molecule has 0 radical (unpaired) electrons. The number of amides is 2. The Hall–Kier alpha value is -2.96. The first-order chi connectivity index (χ1) is 17.3. The van der Waals surface area contributed by atoms with E-state index in [4.69, 9.17) is 9.47 Å². The highest BCUT2D eigenvalue weighted by Gasteiger charge is 2.35. The van der Waals surface area contributed by atoms with Crippen molar-refractivity contribution in [1.82, 2.24) is 9.21 Å². The van der Waals surface area contributed by atoms with E-state index < -0.39 is 28.0 Å². The lowest BCUT2D eigenvalue weighted by atomic mass is 9.98. The van der Waals surface area contributed by atoms with Crippen molar-refractivity contribution in [3.63, 3.8) is 0 Å². The Labute approximate surface area is 214 Å². The molecule has 0 spiro atoms. The van der Waals surface area contributed by atoms with Crippen LogP contribution in [0.1, 0.15) is 40.6 Å². The molecule has 1 aromatic heterocycles. The lowest BCUT2D eigenvalue weighted by molar-refractivity contribution is -0.120. The Bertz CT molecular complexity index is 1240. The van der Waals surface area contributed by atoms with E-state index in [0.717, 1.165) is 10.4 Å². The first-order valence-electron chi connectivity index (χ1n) is 11.8. The van der Waals surface area contributed by atoms with Crippen molar-refractivity contribution in [3.8, 4) is 0 Å². The Kier molecular flexibility index (Phi) is 7.96. The Balaban J connectivity index is 1.53. The van der Waals surface area contributed by atoms with Gasteiger partial charge in [-0.1, -0.05) is 18.2 Å². The van der Waals surface area contributed by atoms with Crippen LogP contribution >= 0.6 is 11.3 Å². The van der Waals surface area contributed by atoms with Crippen molar-refractivity contribution in [2.45, 2.75) is 37.6 Å². The molecule has 3 heterocycles. The number of nitrogens with zero attached hydrogens (tertiary/aromatic N) is 2. The minimum absolute atomic E-state index is 0.0539. The average molecular weight is 536 g/mol. The highest BCUT2D eigenvalue weighted by atomic mass is 32.2. The van der Waals surface area contributed by atoms with Crippen LogP contribution in [0.2, 0.25) is 0 Å². The fraction of sp³-hybridized carbons (Fsp3) is 0.458. The maximum absolute atomic E-state index is 13.2. The highest BCUT2D eigenvalue weighted by molar-refractivity contribution is 7.89. The summed E-state index contributed by atoms with van der Waals surface area (Å²) >= 11 is 1.23. The predicted molar refractivity (Wildman–Crippen MR) is 133 cm³/mol. The lowest BCUT2D eigenvalue weighted by Crippen LogP contribution is -2.43. The normalized spacial score (nSPS) is 18.3. The van der Waals surface area contributed by atoms with Crippen LogP contribution in [-0.4, -0.2) is 68.9 Å². The number of carbonyl (C=O) groups is 3. The van der Waals surface area contributed by atoms with E-state index in [1.54, 1.807) is 30.0 Å². The van der Waals surface area contributed by atoms with Crippen LogP contribution in [-0.2, 0) is 37.3 Å². The van der Waals surface area contributed by atoms with Crippen LogP contribution in [0, 0.1) is 5.92 Å². The summed E-state index contributed by atoms with van der Waals surface area (Å²) < 4.78 is 37.5. The van der Waals surface area contributed by atoms with Gasteiger partial charge in [0.15, 0.2) is 0 Å². The molecule has 1 saturated heterocycles. The molecule has 2 aliphatic heterocycles. The van der Waals surface area contributed by atoms with Gasteiger partial charge in [-0.3, -0.25) is 4.79 Å². The van der Waals surface area contributed by atoms with Gasteiger partial charge in [0, 0.05) is 24.5 Å². The Morgan fingerprint density at radius 3 is 2.61 bits per heavy atom. The van der Waals surface area contributed by atoms with Gasteiger partial charge < -0.3 is 19.7 Å². The van der Waals surface area contributed by atoms with Crippen molar-refractivity contribution < 1.29 is 32.3 Å². The van der Waals surface area contributed by atoms with Crippen LogP contribution in [0.25, 0.3) is 0 Å². The van der Waals surface area contributed by atoms with E-state index in [1.807, 2.05) is 0 Å². The van der Waals surface area contributed by atoms with Crippen LogP contribution in [0.5, 0.6) is 0 Å². The second-order valence-corrected chi connectivity index (χ2v) is 11.6. The summed E-state index contributed by atoms with van der Waals surface area (Å²) in [7, 11) is -2.44. The molecule has 36 heavy (non-hydrogen) atoms. The summed E-state index contributed by atoms with van der Waals surface area (Å²) in [5.41, 5.74) is 1.04. The number of piperidine rings is 1. The summed E-state index contributed by atoms with van der Waals surface area (Å²) in [6.45, 7) is 3.04. The summed E-state index contributed by atoms with van der Waals surface area (Å²) in [6, 6.07) is 8.15. The van der Waals surface area contributed by atoms with Crippen LogP contribution < -0.4 is 5.32 Å². The van der Waals surface area contributed by atoms with Crippen LogP contribution in [0.3, 0.4) is 0 Å². The summed E-state index contributed by atoms with van der Waals surface area (Å²) in [6.07, 6.45) is 1.08. The number of carbonyl (C=O) groups excluding carboxylic acids is 3. The minimum atomic E-state index is -3.72. The molecule has 0 bridgehead atoms. The molecule has 10 nitrogen and oxygen atoms in total. The van der Waals surface area contributed by atoms with Crippen molar-refractivity contribution in [2.24, 2.45) is 5.92 Å². The first-order valence-corrected chi connectivity index (χ1v) is 14.0. The standard InChI is InChI=1S/C24H29N3O7S2/c1-3-34-24(30)26-13-11-18-19(15-26)35-22(20(18)23(29)33-2)25-21(28)16-8-7-12-27(14-16)36(31,32)17-9-5-4-6-10-17/h4-6,9-10,16H,3,7-8,11-15H2,1-2H3,(H,25,28). The Morgan fingerprint density at radius 2 is 1.92 bits per heavy atom. The molecule has 2 aromatic rings. The van der Waals surface area contributed by atoms with Crippen molar-refractivity contribution in [3.05, 3.63) is 46.3 Å². The molecule has 2 aliphatic rings. The van der Waals surface area contributed by atoms with Crippen LogP contribution in [0.4, 0.5) is 9.80 Å². The number of rotatable bonds is 6. The number of hydrogen-bond acceptors (Lipinski definition) is 8. The van der Waals surface area contributed by atoms with E-state index in [0.29, 0.717) is 42.9 Å². The maximum atomic E-state index is 13.2. The number of ether oxygens (including phenoxy) is 2. The molecule has 4 rings (SSSR count). The summed E-state index contributed by atoms with van der Waals surface area (Å²) in [4.78, 5) is 40.6. The third kappa shape index (κ3) is 5.25. The molecule has 0 aliphatic carbocycles. The second-order valence-electron chi connectivity index (χ2n) is 8.57. The number of fused-ring (bicyclic) bond motifs is 1. The topological polar surface area (TPSA) is 122 Å². The number of esters is 1. The fourth-order valence-electron chi connectivity index (χ4n) is 4.51. The number of hydrogen-bond donors (Lipinski definition) is 1. The van der Waals surface area contributed by atoms with Gasteiger partial charge in [-0.05, 0) is 43.9 Å². The third-order valence-electron chi connectivity index (χ3n) is 6.35. The SMILES string of the molecule is CCOC(=O)N1CCc2c(sc(NC(=O)C3CCCN(S(=O)(=O)c4ccccc4)C3)c2C(=O)OC)C1. The van der Waals surface area contributed by atoms with Gasteiger partial charge in [0.2, 0.25) is 15.9 Å². The summed E-state index contributed by atoms with van der Waals surface area (Å²) in [5.74, 6) is -1.49. The van der Waals surface area contributed by atoms with Crippen molar-refractivity contribution in [1.29, 1.82) is 0 Å². The largest absolute Gasteiger partial charge is 0.465 e. The van der Waals surface area contributed by atoms with Gasteiger partial charge in [-0.25, -0.2) is 18.0 Å². The number of nitrogens with one attached hydrogen (secondary N) is 1. The van der Waals surface area contributed by atoms with E-state index in [9.17, 15) is 22.8 Å². The average Bonchev–Trinajstić information content (AvgIpc) is 3.25. The monoisotopic (exact) mass is 535 g/mol. The number of benzene rings is 1. The molecular weight excluding hydrogens is 506 g/mol. The molecule has 1 unspecified atom stereocenters. The highest BCUT2D eigenvalue weighted by Crippen LogP contribution is 2.38. The smallest absolute Gasteiger partial charge is 0.410 e. The number of thiophene rings is 1. The van der Waals surface area contributed by atoms with E-state index in [2.05, 4.69) is 5.32 Å². The van der Waals surface area contributed by atoms with Gasteiger partial charge in [-0.15, -0.1) is 11.3 Å². The Morgan fingerprint density at radius 1 is 1.17 bits per heavy atom. The predicted octanol–water partition coefficient (Wildman–Crippen LogP) is 3.09. The van der Waals surface area contributed by atoms with Crippen molar-refractivity contribution in [2.75, 3.05) is 38.7 Å². The minimum Gasteiger partial charge on any atom is -0.465 e. The van der Waals surface area contributed by atoms with Crippen LogP contribution in [0.15, 0.2) is 35.2 Å². The van der Waals surface area contributed by atoms with Gasteiger partial charge in [0.1, 0.15) is 5.00 Å². The maximum Gasteiger partial charge on any atom is 0.410 e. The molecular formula is C24H29N3O7S2. The van der Waals surface area contributed by atoms with Gasteiger partial charge in [-0.2, -0.15) is 4.31 Å². The quantitative estimate of drug-likeness (QED) is 0.564. The van der Waals surface area contributed by atoms with Gasteiger partial charge >= 0.3 is 12.1 Å². The fourth-order valence-corrected chi connectivity index (χ4v) is 7.31. The molecule has 1 N–H and O–H groups in total. The zero-order valence-electron chi connectivity index (χ0n) is 20.2. The molecule has 0 saturated carbocycles.